The van der Waals surface area contributed by atoms with E-state index in [4.69, 9.17) is 0 Å². The lowest BCUT2D eigenvalue weighted by atomic mass is 9.79. The first-order valence-electron chi connectivity index (χ1n) is 6.73. The smallest absolute Gasteiger partial charge is 0.0221 e. The monoisotopic (exact) mass is 210 g/mol. The zero-order chi connectivity index (χ0) is 10.8. The minimum absolute atomic E-state index is 0.740. The number of piperazine rings is 1. The predicted octanol–water partition coefficient (Wildman–Crippen LogP) is 2.25. The van der Waals surface area contributed by atoms with Gasteiger partial charge in [0.2, 0.25) is 0 Å². The van der Waals surface area contributed by atoms with Gasteiger partial charge < -0.3 is 5.32 Å². The van der Waals surface area contributed by atoms with Crippen LogP contribution in [0.5, 0.6) is 0 Å². The second-order valence-corrected chi connectivity index (χ2v) is 5.50. The van der Waals surface area contributed by atoms with E-state index >= 15 is 0 Å². The maximum absolute atomic E-state index is 3.67. The summed E-state index contributed by atoms with van der Waals surface area (Å²) >= 11 is 0. The fraction of sp³-hybridized carbons (Fsp3) is 1.00. The largest absolute Gasteiger partial charge is 0.311 e. The van der Waals surface area contributed by atoms with E-state index in [1.54, 1.807) is 0 Å². The first-order valence-corrected chi connectivity index (χ1v) is 6.73. The maximum atomic E-state index is 3.67. The van der Waals surface area contributed by atoms with Gasteiger partial charge in [-0.05, 0) is 31.6 Å². The molecule has 15 heavy (non-hydrogen) atoms. The van der Waals surface area contributed by atoms with Crippen LogP contribution >= 0.6 is 0 Å². The van der Waals surface area contributed by atoms with Gasteiger partial charge in [-0.15, -0.1) is 0 Å². The summed E-state index contributed by atoms with van der Waals surface area (Å²) in [5.74, 6) is 0.975. The fourth-order valence-electron chi connectivity index (χ4n) is 3.12. The maximum Gasteiger partial charge on any atom is 0.0221 e. The zero-order valence-electron chi connectivity index (χ0n) is 10.5. The van der Waals surface area contributed by atoms with E-state index in [0.29, 0.717) is 0 Å². The van der Waals surface area contributed by atoms with Crippen molar-refractivity contribution < 1.29 is 0 Å². The molecule has 0 aromatic carbocycles. The molecule has 1 saturated heterocycles. The molecule has 1 saturated carbocycles. The molecule has 1 aliphatic carbocycles. The van der Waals surface area contributed by atoms with Crippen LogP contribution in [0.25, 0.3) is 0 Å². The van der Waals surface area contributed by atoms with Crippen molar-refractivity contribution in [2.45, 2.75) is 64.6 Å². The van der Waals surface area contributed by atoms with Crippen LogP contribution in [0.3, 0.4) is 0 Å². The molecule has 0 aromatic heterocycles. The highest BCUT2D eigenvalue weighted by atomic mass is 15.3. The lowest BCUT2D eigenvalue weighted by Gasteiger charge is -2.49. The first kappa shape index (κ1) is 11.4. The van der Waals surface area contributed by atoms with Gasteiger partial charge in [0, 0.05) is 31.2 Å². The quantitative estimate of drug-likeness (QED) is 0.768. The van der Waals surface area contributed by atoms with Crippen molar-refractivity contribution in [3.05, 3.63) is 0 Å². The summed E-state index contributed by atoms with van der Waals surface area (Å²) in [5.41, 5.74) is 0. The summed E-state index contributed by atoms with van der Waals surface area (Å²) in [7, 11) is 0. The Labute approximate surface area is 94.4 Å². The van der Waals surface area contributed by atoms with Crippen molar-refractivity contribution in [3.63, 3.8) is 0 Å². The molecule has 1 N–H and O–H groups in total. The molecule has 0 amide bonds. The third-order valence-electron chi connectivity index (χ3n) is 4.32. The highest BCUT2D eigenvalue weighted by Crippen LogP contribution is 2.33. The lowest BCUT2D eigenvalue weighted by molar-refractivity contribution is 0.0163. The van der Waals surface area contributed by atoms with Crippen molar-refractivity contribution in [1.29, 1.82) is 0 Å². The van der Waals surface area contributed by atoms with E-state index in [1.165, 1.54) is 38.8 Å². The van der Waals surface area contributed by atoms with Crippen LogP contribution in [-0.2, 0) is 0 Å². The Morgan fingerprint density at radius 1 is 1.20 bits per heavy atom. The number of nitrogens with one attached hydrogen (secondary N) is 1. The topological polar surface area (TPSA) is 15.3 Å². The van der Waals surface area contributed by atoms with E-state index in [1.807, 2.05) is 0 Å². The standard InChI is InChI=1S/C13H26N2/c1-4-11-9-15(12(5-2)8-14-11)13-6-10(3)7-13/h10-14H,4-9H2,1-3H3. The van der Waals surface area contributed by atoms with Gasteiger partial charge in [0.25, 0.3) is 0 Å². The molecule has 1 aliphatic heterocycles. The van der Waals surface area contributed by atoms with Gasteiger partial charge in [-0.25, -0.2) is 0 Å². The Kier molecular flexibility index (Phi) is 3.68. The average molecular weight is 210 g/mol. The molecule has 0 aromatic rings. The van der Waals surface area contributed by atoms with Gasteiger partial charge in [-0.1, -0.05) is 20.8 Å². The van der Waals surface area contributed by atoms with Gasteiger partial charge in [0.1, 0.15) is 0 Å². The minimum Gasteiger partial charge on any atom is -0.311 e. The van der Waals surface area contributed by atoms with E-state index in [2.05, 4.69) is 31.0 Å². The molecule has 2 heteroatoms. The SMILES string of the molecule is CCC1CN(C2CC(C)C2)C(CC)CN1. The van der Waals surface area contributed by atoms with Gasteiger partial charge in [-0.3, -0.25) is 4.90 Å². The van der Waals surface area contributed by atoms with Gasteiger partial charge in [0.05, 0.1) is 0 Å². The highest BCUT2D eigenvalue weighted by molar-refractivity contribution is 4.93. The molecular weight excluding hydrogens is 184 g/mol. The molecule has 2 nitrogen and oxygen atoms in total. The Morgan fingerprint density at radius 3 is 2.47 bits per heavy atom. The number of hydrogen-bond acceptors (Lipinski definition) is 2. The first-order chi connectivity index (χ1) is 7.24. The molecule has 2 unspecified atom stereocenters. The molecule has 2 fully saturated rings. The lowest BCUT2D eigenvalue weighted by Crippen LogP contribution is -2.61. The Bertz CT molecular complexity index is 199. The minimum atomic E-state index is 0.740. The third kappa shape index (κ3) is 2.36. The molecule has 0 spiro atoms. The summed E-state index contributed by atoms with van der Waals surface area (Å²) in [6.45, 7) is 9.50. The summed E-state index contributed by atoms with van der Waals surface area (Å²) in [5, 5.41) is 3.67. The van der Waals surface area contributed by atoms with E-state index in [-0.39, 0.29) is 0 Å². The van der Waals surface area contributed by atoms with E-state index in [0.717, 1.165) is 24.0 Å². The zero-order valence-corrected chi connectivity index (χ0v) is 10.5. The van der Waals surface area contributed by atoms with E-state index in [9.17, 15) is 0 Å². The summed E-state index contributed by atoms with van der Waals surface area (Å²) < 4.78 is 0. The molecular formula is C13H26N2. The Morgan fingerprint density at radius 2 is 1.93 bits per heavy atom. The normalized spacial score (nSPS) is 42.6. The van der Waals surface area contributed by atoms with Crippen LogP contribution in [0, 0.1) is 5.92 Å². The van der Waals surface area contributed by atoms with Crippen LogP contribution in [0.2, 0.25) is 0 Å². The molecule has 0 radical (unpaired) electrons. The van der Waals surface area contributed by atoms with Gasteiger partial charge in [0.15, 0.2) is 0 Å². The summed E-state index contributed by atoms with van der Waals surface area (Å²) in [4.78, 5) is 2.80. The highest BCUT2D eigenvalue weighted by Gasteiger charge is 2.36. The van der Waals surface area contributed by atoms with Crippen molar-refractivity contribution in [2.75, 3.05) is 13.1 Å². The molecule has 0 bridgehead atoms. The van der Waals surface area contributed by atoms with Gasteiger partial charge in [-0.2, -0.15) is 0 Å². The summed E-state index contributed by atoms with van der Waals surface area (Å²) in [6.07, 6.45) is 5.45. The molecule has 88 valence electrons. The Hall–Kier alpha value is -0.0800. The van der Waals surface area contributed by atoms with Crippen molar-refractivity contribution in [2.24, 2.45) is 5.92 Å². The van der Waals surface area contributed by atoms with Crippen molar-refractivity contribution in [3.8, 4) is 0 Å². The molecule has 1 heterocycles. The number of nitrogens with zero attached hydrogens (tertiary/aromatic N) is 1. The van der Waals surface area contributed by atoms with Crippen LogP contribution in [0.1, 0.15) is 46.5 Å². The van der Waals surface area contributed by atoms with Crippen LogP contribution in [0.4, 0.5) is 0 Å². The van der Waals surface area contributed by atoms with Crippen molar-refractivity contribution in [1.82, 2.24) is 10.2 Å². The molecule has 2 aliphatic rings. The Balaban J connectivity index is 1.92. The summed E-state index contributed by atoms with van der Waals surface area (Å²) in [6, 6.07) is 2.44. The van der Waals surface area contributed by atoms with Gasteiger partial charge >= 0.3 is 0 Å². The average Bonchev–Trinajstić information content (AvgIpc) is 2.24. The van der Waals surface area contributed by atoms with Crippen molar-refractivity contribution >= 4 is 0 Å². The fourth-order valence-corrected chi connectivity index (χ4v) is 3.12. The predicted molar refractivity (Wildman–Crippen MR) is 65.1 cm³/mol. The van der Waals surface area contributed by atoms with Crippen LogP contribution < -0.4 is 5.32 Å². The number of hydrogen-bond donors (Lipinski definition) is 1. The van der Waals surface area contributed by atoms with Crippen LogP contribution in [-0.4, -0.2) is 36.1 Å². The number of rotatable bonds is 3. The van der Waals surface area contributed by atoms with E-state index < -0.39 is 0 Å². The molecule has 2 atom stereocenters. The molecule has 2 rings (SSSR count). The second kappa shape index (κ2) is 4.84. The third-order valence-corrected chi connectivity index (χ3v) is 4.32. The second-order valence-electron chi connectivity index (χ2n) is 5.50. The van der Waals surface area contributed by atoms with Crippen LogP contribution in [0.15, 0.2) is 0 Å².